The first-order chi connectivity index (χ1) is 14.5. The average Bonchev–Trinajstić information content (AvgIpc) is 2.73. The van der Waals surface area contributed by atoms with Gasteiger partial charge in [0.2, 0.25) is 0 Å². The minimum Gasteiger partial charge on any atom is -0.494 e. The van der Waals surface area contributed by atoms with Crippen molar-refractivity contribution >= 4 is 17.4 Å². The zero-order valence-corrected chi connectivity index (χ0v) is 18.1. The fraction of sp³-hybridized carbons (Fsp3) is 0.458. The van der Waals surface area contributed by atoms with Crippen LogP contribution in [-0.2, 0) is 6.42 Å². The van der Waals surface area contributed by atoms with E-state index < -0.39 is 6.03 Å². The summed E-state index contributed by atoms with van der Waals surface area (Å²) in [6.45, 7) is 10.6. The number of urea groups is 1. The van der Waals surface area contributed by atoms with Crippen molar-refractivity contribution in [3.63, 3.8) is 0 Å². The topological polar surface area (TPSA) is 70.8 Å². The summed E-state index contributed by atoms with van der Waals surface area (Å²) in [6.07, 6.45) is 2.13. The molecule has 2 aromatic carbocycles. The van der Waals surface area contributed by atoms with Gasteiger partial charge in [-0.3, -0.25) is 4.90 Å². The molecule has 6 heteroatoms. The summed E-state index contributed by atoms with van der Waals surface area (Å²) in [6, 6.07) is 15.8. The average molecular weight is 411 g/mol. The summed E-state index contributed by atoms with van der Waals surface area (Å²) in [5, 5.41) is 2.54. The molecule has 1 fully saturated rings. The maximum Gasteiger partial charge on any atom is 0.316 e. The van der Waals surface area contributed by atoms with Gasteiger partial charge in [-0.25, -0.2) is 4.79 Å². The van der Waals surface area contributed by atoms with Crippen LogP contribution in [0.4, 0.5) is 16.2 Å². The predicted octanol–water partition coefficient (Wildman–Crippen LogP) is 3.97. The highest BCUT2D eigenvalue weighted by Crippen LogP contribution is 2.19. The third-order valence-electron chi connectivity index (χ3n) is 5.33. The van der Waals surface area contributed by atoms with Gasteiger partial charge in [-0.15, -0.1) is 0 Å². The van der Waals surface area contributed by atoms with E-state index in [4.69, 9.17) is 10.5 Å². The molecule has 0 aliphatic carbocycles. The molecule has 2 aromatic rings. The van der Waals surface area contributed by atoms with E-state index in [1.807, 2.05) is 12.1 Å². The molecule has 0 saturated carbocycles. The van der Waals surface area contributed by atoms with Crippen LogP contribution in [0.25, 0.3) is 0 Å². The van der Waals surface area contributed by atoms with Gasteiger partial charge in [0, 0.05) is 44.1 Å². The van der Waals surface area contributed by atoms with E-state index in [9.17, 15) is 4.79 Å². The van der Waals surface area contributed by atoms with Crippen LogP contribution in [0, 0.1) is 5.92 Å². The zero-order chi connectivity index (χ0) is 21.3. The Hall–Kier alpha value is -2.73. The number of benzene rings is 2. The largest absolute Gasteiger partial charge is 0.494 e. The minimum atomic E-state index is -0.563. The lowest BCUT2D eigenvalue weighted by Gasteiger charge is -2.36. The number of nitrogens with zero attached hydrogens (tertiary/aromatic N) is 2. The van der Waals surface area contributed by atoms with Crippen molar-refractivity contribution in [3.05, 3.63) is 54.1 Å². The van der Waals surface area contributed by atoms with Crippen LogP contribution in [-0.4, -0.2) is 50.3 Å². The Morgan fingerprint density at radius 3 is 2.30 bits per heavy atom. The number of primary amides is 1. The fourth-order valence-electron chi connectivity index (χ4n) is 3.80. The van der Waals surface area contributed by atoms with Crippen LogP contribution in [0.1, 0.15) is 25.8 Å². The molecule has 0 unspecified atom stereocenters. The summed E-state index contributed by atoms with van der Waals surface area (Å²) in [7, 11) is 0. The molecule has 162 valence electrons. The lowest BCUT2D eigenvalue weighted by atomic mass is 10.0. The molecular formula is C24H34N4O2. The van der Waals surface area contributed by atoms with Crippen molar-refractivity contribution < 1.29 is 9.53 Å². The number of hydrogen-bond acceptors (Lipinski definition) is 4. The Labute approximate surface area is 180 Å². The molecule has 3 rings (SSSR count). The third kappa shape index (κ3) is 6.95. The van der Waals surface area contributed by atoms with Gasteiger partial charge < -0.3 is 20.7 Å². The number of rotatable bonds is 9. The van der Waals surface area contributed by atoms with Crippen LogP contribution in [0.2, 0.25) is 0 Å². The highest BCUT2D eigenvalue weighted by atomic mass is 16.5. The smallest absolute Gasteiger partial charge is 0.316 e. The second-order valence-electron chi connectivity index (χ2n) is 8.31. The number of nitrogens with two attached hydrogens (primary N) is 1. The maximum atomic E-state index is 10.8. The van der Waals surface area contributed by atoms with E-state index in [0.29, 0.717) is 18.2 Å². The number of amides is 2. The Kier molecular flexibility index (Phi) is 7.97. The number of hydrogen-bond donors (Lipinski definition) is 2. The van der Waals surface area contributed by atoms with Crippen molar-refractivity contribution in [2.45, 2.75) is 26.7 Å². The van der Waals surface area contributed by atoms with Gasteiger partial charge in [0.15, 0.2) is 0 Å². The van der Waals surface area contributed by atoms with Crippen molar-refractivity contribution in [2.24, 2.45) is 11.7 Å². The maximum absolute atomic E-state index is 10.8. The van der Waals surface area contributed by atoms with E-state index in [2.05, 4.69) is 53.2 Å². The molecule has 0 aromatic heterocycles. The van der Waals surface area contributed by atoms with E-state index in [-0.39, 0.29) is 0 Å². The zero-order valence-electron chi connectivity index (χ0n) is 18.1. The summed E-state index contributed by atoms with van der Waals surface area (Å²) < 4.78 is 5.80. The van der Waals surface area contributed by atoms with Crippen LogP contribution in [0.15, 0.2) is 48.5 Å². The molecule has 6 nitrogen and oxygen atoms in total. The highest BCUT2D eigenvalue weighted by molar-refractivity contribution is 5.87. The standard InChI is InChI=1S/C24H34N4O2/c1-19(2)18-20-4-8-22(9-5-20)28-15-13-27(14-16-28)12-3-17-30-23-10-6-21(7-11-23)26-24(25)29/h4-11,19H,3,12-18H2,1-2H3,(H3,25,26,29). The first-order valence-electron chi connectivity index (χ1n) is 10.8. The molecule has 30 heavy (non-hydrogen) atoms. The second kappa shape index (κ2) is 10.9. The SMILES string of the molecule is CC(C)Cc1ccc(N2CCN(CCCOc3ccc(NC(N)=O)cc3)CC2)cc1. The van der Waals surface area contributed by atoms with Crippen molar-refractivity contribution in [1.29, 1.82) is 0 Å². The van der Waals surface area contributed by atoms with Gasteiger partial charge in [0.25, 0.3) is 0 Å². The molecular weight excluding hydrogens is 376 g/mol. The molecule has 1 aliphatic rings. The number of piperazine rings is 1. The molecule has 1 saturated heterocycles. The Morgan fingerprint density at radius 1 is 1.03 bits per heavy atom. The molecule has 0 bridgehead atoms. The quantitative estimate of drug-likeness (QED) is 0.614. The minimum absolute atomic E-state index is 0.563. The van der Waals surface area contributed by atoms with Crippen molar-refractivity contribution in [3.8, 4) is 5.75 Å². The molecule has 0 atom stereocenters. The van der Waals surface area contributed by atoms with Gasteiger partial charge in [-0.1, -0.05) is 26.0 Å². The Bertz CT molecular complexity index is 782. The number of ether oxygens (including phenoxy) is 1. The second-order valence-corrected chi connectivity index (χ2v) is 8.31. The molecule has 3 N–H and O–H groups in total. The first kappa shape index (κ1) is 22.0. The lowest BCUT2D eigenvalue weighted by molar-refractivity contribution is 0.225. The van der Waals surface area contributed by atoms with Gasteiger partial charge in [-0.2, -0.15) is 0 Å². The van der Waals surface area contributed by atoms with Gasteiger partial charge in [-0.05, 0) is 60.7 Å². The molecule has 1 heterocycles. The van der Waals surface area contributed by atoms with E-state index in [0.717, 1.165) is 51.3 Å². The summed E-state index contributed by atoms with van der Waals surface area (Å²) in [5.41, 5.74) is 8.53. The first-order valence-corrected chi connectivity index (χ1v) is 10.8. The van der Waals surface area contributed by atoms with E-state index in [1.165, 1.54) is 11.3 Å². The molecule has 0 radical (unpaired) electrons. The summed E-state index contributed by atoms with van der Waals surface area (Å²) in [4.78, 5) is 15.8. The van der Waals surface area contributed by atoms with Crippen LogP contribution < -0.4 is 20.7 Å². The number of anilines is 2. The lowest BCUT2D eigenvalue weighted by Crippen LogP contribution is -2.46. The molecule has 2 amide bonds. The van der Waals surface area contributed by atoms with E-state index in [1.54, 1.807) is 12.1 Å². The number of nitrogens with one attached hydrogen (secondary N) is 1. The third-order valence-corrected chi connectivity index (χ3v) is 5.33. The molecule has 0 spiro atoms. The highest BCUT2D eigenvalue weighted by Gasteiger charge is 2.16. The number of carbonyl (C=O) groups excluding carboxylic acids is 1. The van der Waals surface area contributed by atoms with Gasteiger partial charge in [0.05, 0.1) is 6.61 Å². The van der Waals surface area contributed by atoms with Crippen molar-refractivity contribution in [2.75, 3.05) is 49.5 Å². The number of carbonyl (C=O) groups is 1. The summed E-state index contributed by atoms with van der Waals surface area (Å²) >= 11 is 0. The fourth-order valence-corrected chi connectivity index (χ4v) is 3.80. The van der Waals surface area contributed by atoms with Crippen molar-refractivity contribution in [1.82, 2.24) is 4.90 Å². The normalized spacial score (nSPS) is 14.7. The van der Waals surface area contributed by atoms with Crippen LogP contribution in [0.5, 0.6) is 5.75 Å². The van der Waals surface area contributed by atoms with Gasteiger partial charge >= 0.3 is 6.03 Å². The Balaban J connectivity index is 1.33. The summed E-state index contributed by atoms with van der Waals surface area (Å²) in [5.74, 6) is 1.50. The Morgan fingerprint density at radius 2 is 1.70 bits per heavy atom. The van der Waals surface area contributed by atoms with Crippen LogP contribution >= 0.6 is 0 Å². The van der Waals surface area contributed by atoms with Gasteiger partial charge in [0.1, 0.15) is 5.75 Å². The van der Waals surface area contributed by atoms with E-state index >= 15 is 0 Å². The van der Waals surface area contributed by atoms with Crippen LogP contribution in [0.3, 0.4) is 0 Å². The molecule has 1 aliphatic heterocycles. The monoisotopic (exact) mass is 410 g/mol. The predicted molar refractivity (Wildman–Crippen MR) is 123 cm³/mol.